The van der Waals surface area contributed by atoms with E-state index in [1.54, 1.807) is 6.07 Å². The minimum absolute atomic E-state index is 0.248. The molecule has 2 aromatic rings. The molecule has 6 heteroatoms. The first-order valence-electron chi connectivity index (χ1n) is 6.91. The molecule has 1 aliphatic carbocycles. The summed E-state index contributed by atoms with van der Waals surface area (Å²) in [5.74, 6) is 0. The summed E-state index contributed by atoms with van der Waals surface area (Å²) in [4.78, 5) is 0. The van der Waals surface area contributed by atoms with Gasteiger partial charge in [-0.05, 0) is 42.6 Å². The number of alkyl halides is 3. The zero-order valence-electron chi connectivity index (χ0n) is 12.5. The molecule has 0 N–H and O–H groups in total. The van der Waals surface area contributed by atoms with E-state index >= 15 is 0 Å². The largest absolute Gasteiger partial charge is 0.397 e. The highest BCUT2D eigenvalue weighted by Gasteiger charge is 2.52. The Kier molecular flexibility index (Phi) is 3.16. The topological polar surface area (TPSA) is 38.9 Å². The van der Waals surface area contributed by atoms with Gasteiger partial charge in [0.2, 0.25) is 0 Å². The maximum atomic E-state index is 13.5. The van der Waals surface area contributed by atoms with Crippen molar-refractivity contribution in [2.45, 2.75) is 33.4 Å². The third-order valence-corrected chi connectivity index (χ3v) is 4.35. The van der Waals surface area contributed by atoms with Gasteiger partial charge in [-0.3, -0.25) is 0 Å². The molecule has 0 saturated carbocycles. The molecule has 3 rings (SSSR count). The van der Waals surface area contributed by atoms with Crippen LogP contribution in [-0.2, 0) is 6.42 Å². The van der Waals surface area contributed by atoms with Crippen LogP contribution in [0.1, 0.15) is 35.0 Å². The van der Waals surface area contributed by atoms with Crippen LogP contribution < -0.4 is 0 Å². The van der Waals surface area contributed by atoms with E-state index in [4.69, 9.17) is 0 Å². The number of halogens is 3. The molecule has 1 unspecified atom stereocenters. The summed E-state index contributed by atoms with van der Waals surface area (Å²) in [5, 5.41) is 7.48. The lowest BCUT2D eigenvalue weighted by Crippen LogP contribution is -2.37. The number of hydrogen-bond acceptors (Lipinski definition) is 3. The number of aromatic nitrogens is 2. The van der Waals surface area contributed by atoms with Crippen LogP contribution in [0.15, 0.2) is 28.9 Å². The molecular weight excluding hydrogens is 293 g/mol. The fraction of sp³-hybridized carbons (Fsp3) is 0.375. The number of aryl methyl sites for hydroxylation is 1. The van der Waals surface area contributed by atoms with Crippen molar-refractivity contribution >= 4 is 5.57 Å². The van der Waals surface area contributed by atoms with Crippen molar-refractivity contribution in [1.29, 1.82) is 0 Å². The van der Waals surface area contributed by atoms with Crippen LogP contribution in [0.5, 0.6) is 0 Å². The van der Waals surface area contributed by atoms with Crippen molar-refractivity contribution < 1.29 is 17.8 Å². The van der Waals surface area contributed by atoms with Crippen molar-refractivity contribution in [2.24, 2.45) is 5.41 Å². The third-order valence-electron chi connectivity index (χ3n) is 4.35. The Hall–Kier alpha value is -2.11. The van der Waals surface area contributed by atoms with Gasteiger partial charge in [-0.25, -0.2) is 4.63 Å². The summed E-state index contributed by atoms with van der Waals surface area (Å²) in [5.41, 5.74) is 1.76. The fourth-order valence-corrected chi connectivity index (χ4v) is 2.74. The Morgan fingerprint density at radius 3 is 2.59 bits per heavy atom. The molecule has 1 aromatic heterocycles. The van der Waals surface area contributed by atoms with Crippen LogP contribution in [0, 0.1) is 19.3 Å². The van der Waals surface area contributed by atoms with E-state index in [-0.39, 0.29) is 12.1 Å². The molecule has 0 saturated heterocycles. The van der Waals surface area contributed by atoms with Gasteiger partial charge in [0, 0.05) is 12.0 Å². The first kappa shape index (κ1) is 14.8. The predicted octanol–water partition coefficient (Wildman–Crippen LogP) is 4.24. The third kappa shape index (κ3) is 2.14. The summed E-state index contributed by atoms with van der Waals surface area (Å²) in [7, 11) is 0. The molecule has 1 heterocycles. The molecule has 3 nitrogen and oxygen atoms in total. The van der Waals surface area contributed by atoms with Gasteiger partial charge in [-0.1, -0.05) is 29.4 Å². The van der Waals surface area contributed by atoms with Gasteiger partial charge in [0.1, 0.15) is 11.4 Å². The maximum absolute atomic E-state index is 13.5. The van der Waals surface area contributed by atoms with E-state index in [1.165, 1.54) is 13.0 Å². The molecule has 22 heavy (non-hydrogen) atoms. The number of hydrogen-bond donors (Lipinski definition) is 0. The van der Waals surface area contributed by atoms with Crippen LogP contribution in [0.2, 0.25) is 0 Å². The van der Waals surface area contributed by atoms with E-state index in [2.05, 4.69) is 14.9 Å². The lowest BCUT2D eigenvalue weighted by atomic mass is 9.75. The minimum atomic E-state index is -4.37. The molecule has 0 spiro atoms. The van der Waals surface area contributed by atoms with E-state index in [0.29, 0.717) is 11.3 Å². The number of fused-ring (bicyclic) bond motifs is 1. The molecule has 1 aliphatic rings. The molecule has 116 valence electrons. The van der Waals surface area contributed by atoms with Crippen LogP contribution in [0.4, 0.5) is 13.2 Å². The lowest BCUT2D eigenvalue weighted by Gasteiger charge is -2.32. The van der Waals surface area contributed by atoms with Gasteiger partial charge in [0.15, 0.2) is 0 Å². The van der Waals surface area contributed by atoms with Gasteiger partial charge in [0.25, 0.3) is 0 Å². The second-order valence-corrected chi connectivity index (χ2v) is 5.96. The maximum Gasteiger partial charge on any atom is 0.397 e. The van der Waals surface area contributed by atoms with Crippen LogP contribution in [0.3, 0.4) is 0 Å². The summed E-state index contributed by atoms with van der Waals surface area (Å²) >= 11 is 0. The Bertz CT molecular complexity index is 761. The first-order valence-corrected chi connectivity index (χ1v) is 6.91. The Balaban J connectivity index is 2.25. The van der Waals surface area contributed by atoms with Crippen molar-refractivity contribution in [1.82, 2.24) is 10.3 Å². The highest BCUT2D eigenvalue weighted by molar-refractivity contribution is 5.82. The summed E-state index contributed by atoms with van der Waals surface area (Å²) in [6.07, 6.45) is -3.38. The van der Waals surface area contributed by atoms with E-state index < -0.39 is 11.6 Å². The Morgan fingerprint density at radius 2 is 1.91 bits per heavy atom. The number of allylic oxidation sites excluding steroid dienone is 1. The Labute approximate surface area is 125 Å². The zero-order chi connectivity index (χ0) is 16.1. The van der Waals surface area contributed by atoms with Gasteiger partial charge < -0.3 is 0 Å². The molecular formula is C16H15F3N2O. The molecule has 0 amide bonds. The highest BCUT2D eigenvalue weighted by atomic mass is 19.4. The van der Waals surface area contributed by atoms with Crippen LogP contribution in [0.25, 0.3) is 5.57 Å². The van der Waals surface area contributed by atoms with Crippen molar-refractivity contribution in [3.63, 3.8) is 0 Å². The molecule has 0 bridgehead atoms. The van der Waals surface area contributed by atoms with Gasteiger partial charge in [0.05, 0.1) is 5.41 Å². The summed E-state index contributed by atoms with van der Waals surface area (Å²) in [6, 6.07) is 5.55. The van der Waals surface area contributed by atoms with E-state index in [0.717, 1.165) is 16.7 Å². The summed E-state index contributed by atoms with van der Waals surface area (Å²) in [6.45, 7) is 4.99. The van der Waals surface area contributed by atoms with E-state index in [9.17, 15) is 13.2 Å². The lowest BCUT2D eigenvalue weighted by molar-refractivity contribution is -0.200. The van der Waals surface area contributed by atoms with Crippen molar-refractivity contribution in [2.75, 3.05) is 0 Å². The molecule has 0 aliphatic heterocycles. The average Bonchev–Trinajstić information content (AvgIpc) is 2.88. The number of rotatable bonds is 1. The molecule has 0 fully saturated rings. The van der Waals surface area contributed by atoms with E-state index in [1.807, 2.05) is 26.0 Å². The van der Waals surface area contributed by atoms with Gasteiger partial charge in [-0.15, -0.1) is 0 Å². The van der Waals surface area contributed by atoms with Gasteiger partial charge >= 0.3 is 6.18 Å². The quantitative estimate of drug-likeness (QED) is 0.791. The monoisotopic (exact) mass is 308 g/mol. The average molecular weight is 308 g/mol. The predicted molar refractivity (Wildman–Crippen MR) is 75.2 cm³/mol. The Morgan fingerprint density at radius 1 is 1.18 bits per heavy atom. The molecule has 1 aromatic carbocycles. The van der Waals surface area contributed by atoms with Crippen molar-refractivity contribution in [3.8, 4) is 0 Å². The molecule has 1 atom stereocenters. The number of benzene rings is 1. The first-order chi connectivity index (χ1) is 10.2. The normalized spacial score (nSPS) is 21.5. The fourth-order valence-electron chi connectivity index (χ4n) is 2.74. The smallest absolute Gasteiger partial charge is 0.244 e. The second kappa shape index (κ2) is 4.69. The highest BCUT2D eigenvalue weighted by Crippen LogP contribution is 2.48. The van der Waals surface area contributed by atoms with Crippen LogP contribution in [-0.4, -0.2) is 16.5 Å². The van der Waals surface area contributed by atoms with Crippen molar-refractivity contribution in [3.05, 3.63) is 52.4 Å². The minimum Gasteiger partial charge on any atom is -0.244 e. The van der Waals surface area contributed by atoms with Gasteiger partial charge in [-0.2, -0.15) is 13.2 Å². The zero-order valence-corrected chi connectivity index (χ0v) is 12.5. The van der Waals surface area contributed by atoms with Crippen LogP contribution >= 0.6 is 0 Å². The standard InChI is InChI=1S/C16H15F3N2O/c1-9-5-4-6-11(10(9)2)12-7-15(3,16(17,18)19)8-13-14(12)21-22-20-13/h4-7H,8H2,1-3H3. The molecule has 0 radical (unpaired) electrons. The second-order valence-electron chi connectivity index (χ2n) is 5.96. The SMILES string of the molecule is Cc1cccc(C2=CC(C)(C(F)(F)F)Cc3nonc32)c1C. The summed E-state index contributed by atoms with van der Waals surface area (Å²) < 4.78 is 45.1. The number of nitrogens with zero attached hydrogens (tertiary/aromatic N) is 2.